The van der Waals surface area contributed by atoms with Crippen LogP contribution in [0.25, 0.3) is 0 Å². The second-order valence-corrected chi connectivity index (χ2v) is 5.55. The van der Waals surface area contributed by atoms with Crippen molar-refractivity contribution < 1.29 is 19.5 Å². The van der Waals surface area contributed by atoms with Crippen LogP contribution < -0.4 is 10.9 Å². The number of carboxylic acids is 1. The number of amides is 2. The molecule has 0 aliphatic heterocycles. The highest BCUT2D eigenvalue weighted by Crippen LogP contribution is 2.09. The van der Waals surface area contributed by atoms with Gasteiger partial charge < -0.3 is 5.11 Å². The van der Waals surface area contributed by atoms with E-state index < -0.39 is 23.0 Å². The Labute approximate surface area is 112 Å². The monoisotopic (exact) mass is 288 g/mol. The quantitative estimate of drug-likeness (QED) is 0.694. The molecule has 0 spiro atoms. The van der Waals surface area contributed by atoms with Gasteiger partial charge in [0.25, 0.3) is 5.91 Å². The molecule has 1 atom stereocenters. The van der Waals surface area contributed by atoms with Crippen molar-refractivity contribution in [3.63, 3.8) is 0 Å². The Kier molecular flexibility index (Phi) is 5.66. The average molecular weight is 288 g/mol. The molecule has 1 aromatic heterocycles. The first kappa shape index (κ1) is 14.5. The van der Waals surface area contributed by atoms with Gasteiger partial charge in [0, 0.05) is 0 Å². The Bertz CT molecular complexity index is 433. The molecule has 18 heavy (non-hydrogen) atoms. The standard InChI is InChI=1S/C10H12N2O4S2/c1-6(10(15)16)18-5-8(13)11-12-9(14)7-3-2-4-17-7/h2-4,6H,5H2,1H3,(H,11,13)(H,12,14)(H,15,16). The Hall–Kier alpha value is -1.54. The molecule has 2 amide bonds. The van der Waals surface area contributed by atoms with E-state index in [0.29, 0.717) is 4.88 Å². The zero-order valence-electron chi connectivity index (χ0n) is 9.50. The highest BCUT2D eigenvalue weighted by Gasteiger charge is 2.14. The van der Waals surface area contributed by atoms with Crippen LogP contribution in [0.2, 0.25) is 0 Å². The number of thiophene rings is 1. The summed E-state index contributed by atoms with van der Waals surface area (Å²) < 4.78 is 0. The molecule has 0 fully saturated rings. The van der Waals surface area contributed by atoms with Crippen molar-refractivity contribution >= 4 is 40.9 Å². The Morgan fingerprint density at radius 2 is 2.17 bits per heavy atom. The van der Waals surface area contributed by atoms with Gasteiger partial charge in [-0.15, -0.1) is 23.1 Å². The molecule has 0 aliphatic carbocycles. The maximum atomic E-state index is 11.4. The van der Waals surface area contributed by atoms with Crippen molar-refractivity contribution in [1.29, 1.82) is 0 Å². The number of rotatable bonds is 5. The van der Waals surface area contributed by atoms with Gasteiger partial charge in [-0.3, -0.25) is 25.2 Å². The summed E-state index contributed by atoms with van der Waals surface area (Å²) in [5.41, 5.74) is 4.47. The highest BCUT2D eigenvalue weighted by molar-refractivity contribution is 8.01. The van der Waals surface area contributed by atoms with Crippen LogP contribution in [0.4, 0.5) is 0 Å². The molecule has 3 N–H and O–H groups in total. The summed E-state index contributed by atoms with van der Waals surface area (Å²) in [6.07, 6.45) is 0. The maximum absolute atomic E-state index is 11.4. The van der Waals surface area contributed by atoms with E-state index >= 15 is 0 Å². The Morgan fingerprint density at radius 3 is 2.72 bits per heavy atom. The molecule has 0 saturated carbocycles. The van der Waals surface area contributed by atoms with Crippen LogP contribution in [-0.2, 0) is 9.59 Å². The number of carbonyl (C=O) groups is 3. The zero-order valence-corrected chi connectivity index (χ0v) is 11.1. The number of hydrogen-bond donors (Lipinski definition) is 3. The maximum Gasteiger partial charge on any atom is 0.316 e. The molecule has 6 nitrogen and oxygen atoms in total. The molecule has 0 saturated heterocycles. The SMILES string of the molecule is CC(SCC(=O)NNC(=O)c1cccs1)C(=O)O. The van der Waals surface area contributed by atoms with E-state index in [0.717, 1.165) is 11.8 Å². The van der Waals surface area contributed by atoms with Gasteiger partial charge >= 0.3 is 5.97 Å². The lowest BCUT2D eigenvalue weighted by molar-refractivity contribution is -0.136. The summed E-state index contributed by atoms with van der Waals surface area (Å²) in [5.74, 6) is -1.85. The average Bonchev–Trinajstić information content (AvgIpc) is 2.86. The highest BCUT2D eigenvalue weighted by atomic mass is 32.2. The number of carboxylic acid groups (broad SMARTS) is 1. The molecule has 1 heterocycles. The van der Waals surface area contributed by atoms with Crippen LogP contribution >= 0.6 is 23.1 Å². The summed E-state index contributed by atoms with van der Waals surface area (Å²) in [6, 6.07) is 3.36. The minimum absolute atomic E-state index is 0.0296. The van der Waals surface area contributed by atoms with Gasteiger partial charge in [0.05, 0.1) is 15.9 Å². The zero-order chi connectivity index (χ0) is 13.5. The summed E-state index contributed by atoms with van der Waals surface area (Å²) in [5, 5.41) is 9.71. The molecule has 0 bridgehead atoms. The smallest absolute Gasteiger partial charge is 0.316 e. The van der Waals surface area contributed by atoms with Gasteiger partial charge in [0.2, 0.25) is 5.91 Å². The van der Waals surface area contributed by atoms with Gasteiger partial charge in [-0.25, -0.2) is 0 Å². The predicted octanol–water partition coefficient (Wildman–Crippen LogP) is 0.715. The molecule has 0 aromatic carbocycles. The fourth-order valence-corrected chi connectivity index (χ4v) is 2.14. The third kappa shape index (κ3) is 4.76. The molecule has 8 heteroatoms. The van der Waals surface area contributed by atoms with E-state index in [1.54, 1.807) is 17.5 Å². The number of hydrogen-bond acceptors (Lipinski definition) is 5. The van der Waals surface area contributed by atoms with Crippen LogP contribution in [0, 0.1) is 0 Å². The fourth-order valence-electron chi connectivity index (χ4n) is 0.904. The van der Waals surface area contributed by atoms with Crippen molar-refractivity contribution in [2.75, 3.05) is 5.75 Å². The lowest BCUT2D eigenvalue weighted by atomic mass is 10.4. The topological polar surface area (TPSA) is 95.5 Å². The largest absolute Gasteiger partial charge is 0.480 e. The first-order chi connectivity index (χ1) is 8.50. The molecule has 0 aliphatic rings. The summed E-state index contributed by atoms with van der Waals surface area (Å²) in [6.45, 7) is 1.49. The van der Waals surface area contributed by atoms with Gasteiger partial charge in [0.1, 0.15) is 0 Å². The number of hydrazine groups is 1. The second-order valence-electron chi connectivity index (χ2n) is 3.27. The van der Waals surface area contributed by atoms with Crippen molar-refractivity contribution in [3.05, 3.63) is 22.4 Å². The first-order valence-corrected chi connectivity index (χ1v) is 6.90. The van der Waals surface area contributed by atoms with Gasteiger partial charge in [-0.05, 0) is 18.4 Å². The summed E-state index contributed by atoms with van der Waals surface area (Å²) in [7, 11) is 0. The normalized spacial score (nSPS) is 11.6. The third-order valence-corrected chi connectivity index (χ3v) is 3.87. The van der Waals surface area contributed by atoms with E-state index in [-0.39, 0.29) is 5.75 Å². The molecular weight excluding hydrogens is 276 g/mol. The van der Waals surface area contributed by atoms with Crippen LogP contribution in [0.15, 0.2) is 17.5 Å². The lowest BCUT2D eigenvalue weighted by Crippen LogP contribution is -2.42. The van der Waals surface area contributed by atoms with E-state index in [1.807, 2.05) is 0 Å². The number of carbonyl (C=O) groups excluding carboxylic acids is 2. The van der Waals surface area contributed by atoms with Crippen molar-refractivity contribution in [2.24, 2.45) is 0 Å². The minimum atomic E-state index is -0.976. The van der Waals surface area contributed by atoms with Crippen LogP contribution in [-0.4, -0.2) is 33.9 Å². The fraction of sp³-hybridized carbons (Fsp3) is 0.300. The van der Waals surface area contributed by atoms with E-state index in [9.17, 15) is 14.4 Å². The van der Waals surface area contributed by atoms with Gasteiger partial charge in [0.15, 0.2) is 0 Å². The summed E-state index contributed by atoms with van der Waals surface area (Å²) in [4.78, 5) is 33.7. The molecule has 1 aromatic rings. The second kappa shape index (κ2) is 7.02. The molecular formula is C10H12N2O4S2. The third-order valence-electron chi connectivity index (χ3n) is 1.87. The molecule has 1 rings (SSSR count). The van der Waals surface area contributed by atoms with Gasteiger partial charge in [-0.2, -0.15) is 0 Å². The predicted molar refractivity (Wildman–Crippen MR) is 69.5 cm³/mol. The summed E-state index contributed by atoms with van der Waals surface area (Å²) >= 11 is 2.24. The van der Waals surface area contributed by atoms with Crippen molar-refractivity contribution in [3.8, 4) is 0 Å². The Morgan fingerprint density at radius 1 is 1.44 bits per heavy atom. The van der Waals surface area contributed by atoms with E-state index in [2.05, 4.69) is 10.9 Å². The van der Waals surface area contributed by atoms with Crippen molar-refractivity contribution in [1.82, 2.24) is 10.9 Å². The van der Waals surface area contributed by atoms with Crippen molar-refractivity contribution in [2.45, 2.75) is 12.2 Å². The molecule has 98 valence electrons. The van der Waals surface area contributed by atoms with E-state index in [1.165, 1.54) is 18.3 Å². The number of nitrogens with one attached hydrogen (secondary N) is 2. The van der Waals surface area contributed by atoms with E-state index in [4.69, 9.17) is 5.11 Å². The molecule has 1 unspecified atom stereocenters. The van der Waals surface area contributed by atoms with Crippen LogP contribution in [0.1, 0.15) is 16.6 Å². The van der Waals surface area contributed by atoms with Crippen LogP contribution in [0.5, 0.6) is 0 Å². The number of aliphatic carboxylic acids is 1. The molecule has 0 radical (unpaired) electrons. The first-order valence-electron chi connectivity index (χ1n) is 4.98. The lowest BCUT2D eigenvalue weighted by Gasteiger charge is -2.07. The van der Waals surface area contributed by atoms with Crippen LogP contribution in [0.3, 0.4) is 0 Å². The minimum Gasteiger partial charge on any atom is -0.480 e. The number of thioether (sulfide) groups is 1. The van der Waals surface area contributed by atoms with Gasteiger partial charge in [-0.1, -0.05) is 6.07 Å². The Balaban J connectivity index is 2.25.